The first kappa shape index (κ1) is 46.2. The van der Waals surface area contributed by atoms with E-state index in [1.165, 1.54) is 0 Å². The Kier molecular flexibility index (Phi) is 19.5. The van der Waals surface area contributed by atoms with E-state index in [-0.39, 0.29) is 69.3 Å². The Morgan fingerprint density at radius 3 is 1.41 bits per heavy atom. The van der Waals surface area contributed by atoms with Gasteiger partial charge in [0, 0.05) is 24.2 Å². The molecule has 2 amide bonds. The molecule has 3 rings (SSSR count). The zero-order valence-corrected chi connectivity index (χ0v) is 34.0. The minimum atomic E-state index is -0.865. The zero-order chi connectivity index (χ0) is 42.3. The monoisotopic (exact) mass is 804 g/mol. The van der Waals surface area contributed by atoms with Gasteiger partial charge in [0.05, 0.1) is 13.2 Å². The lowest BCUT2D eigenvalue weighted by molar-refractivity contribution is -0.139. The van der Waals surface area contributed by atoms with Crippen LogP contribution in [-0.4, -0.2) is 89.1 Å². The van der Waals surface area contributed by atoms with E-state index in [4.69, 9.17) is 37.9 Å². The van der Waals surface area contributed by atoms with Gasteiger partial charge in [-0.25, -0.2) is 19.2 Å². The molecule has 0 aliphatic carbocycles. The van der Waals surface area contributed by atoms with Crippen LogP contribution in [0.2, 0.25) is 0 Å². The number of amides is 2. The number of hydrogen-bond donors (Lipinski definition) is 2. The van der Waals surface area contributed by atoms with Gasteiger partial charge in [0.25, 0.3) is 0 Å². The van der Waals surface area contributed by atoms with Gasteiger partial charge in [-0.05, 0) is 74.1 Å². The summed E-state index contributed by atoms with van der Waals surface area (Å²) in [6.45, 7) is 16.7. The van der Waals surface area contributed by atoms with Crippen molar-refractivity contribution in [1.82, 2.24) is 10.6 Å². The first-order valence-electron chi connectivity index (χ1n) is 19.0. The number of nitrogens with one attached hydrogen (secondary N) is 2. The Hall–Kier alpha value is -6.18. The second-order valence-corrected chi connectivity index (χ2v) is 14.2. The predicted octanol–water partition coefficient (Wildman–Crippen LogP) is 7.11. The van der Waals surface area contributed by atoms with E-state index in [2.05, 4.69) is 44.6 Å². The maximum atomic E-state index is 12.8. The normalized spacial score (nSPS) is 11.8. The van der Waals surface area contributed by atoms with Crippen LogP contribution in [0.15, 0.2) is 103 Å². The minimum absolute atomic E-state index is 0.0257. The highest BCUT2D eigenvalue weighted by Gasteiger charge is 2.23. The van der Waals surface area contributed by atoms with Crippen LogP contribution >= 0.6 is 0 Å². The van der Waals surface area contributed by atoms with Gasteiger partial charge in [-0.2, -0.15) is 0 Å². The van der Waals surface area contributed by atoms with Gasteiger partial charge < -0.3 is 48.5 Å². The van der Waals surface area contributed by atoms with E-state index in [9.17, 15) is 19.2 Å². The lowest BCUT2D eigenvalue weighted by Crippen LogP contribution is -2.37. The molecule has 2 unspecified atom stereocenters. The first-order valence-corrected chi connectivity index (χ1v) is 19.0. The summed E-state index contributed by atoms with van der Waals surface area (Å²) in [5.74, 6) is 0.855. The molecule has 0 aliphatic heterocycles. The van der Waals surface area contributed by atoms with Crippen LogP contribution in [0.3, 0.4) is 0 Å². The van der Waals surface area contributed by atoms with Gasteiger partial charge in [0.2, 0.25) is 0 Å². The maximum Gasteiger partial charge on any atom is 0.407 e. The summed E-state index contributed by atoms with van der Waals surface area (Å²) in [6, 6.07) is 23.7. The average molecular weight is 805 g/mol. The van der Waals surface area contributed by atoms with Crippen molar-refractivity contribution in [3.8, 4) is 23.0 Å². The van der Waals surface area contributed by atoms with E-state index < -0.39 is 36.3 Å². The Balaban J connectivity index is 1.71. The van der Waals surface area contributed by atoms with Crippen molar-refractivity contribution in [3.63, 3.8) is 0 Å². The summed E-state index contributed by atoms with van der Waals surface area (Å²) in [6.07, 6.45) is -2.41. The molecule has 0 aliphatic rings. The fraction of sp³-hybridized carbons (Fsp3) is 0.409. The number of esters is 2. The van der Waals surface area contributed by atoms with Crippen LogP contribution in [0.25, 0.3) is 0 Å². The van der Waals surface area contributed by atoms with E-state index in [1.807, 2.05) is 48.5 Å². The molecule has 314 valence electrons. The summed E-state index contributed by atoms with van der Waals surface area (Å²) in [5, 5.41) is 5.32. The van der Waals surface area contributed by atoms with Crippen LogP contribution in [0.4, 0.5) is 9.59 Å². The van der Waals surface area contributed by atoms with E-state index in [0.717, 1.165) is 5.56 Å². The number of para-hydroxylation sites is 2. The van der Waals surface area contributed by atoms with Crippen LogP contribution in [-0.2, 0) is 34.0 Å². The molecule has 0 heterocycles. The largest absolute Gasteiger partial charge is 0.490 e. The number of ether oxygens (including phenoxy) is 8. The lowest BCUT2D eigenvalue weighted by Gasteiger charge is -2.24. The van der Waals surface area contributed by atoms with Gasteiger partial charge in [0.1, 0.15) is 37.9 Å². The molecule has 0 spiro atoms. The second kappa shape index (κ2) is 24.5. The van der Waals surface area contributed by atoms with Crippen molar-refractivity contribution < 1.29 is 57.1 Å². The highest BCUT2D eigenvalue weighted by molar-refractivity contribution is 5.87. The first-order chi connectivity index (χ1) is 27.7. The number of carbonyl (C=O) groups excluding carboxylic acids is 4. The standard InChI is InChI=1S/C44H56N2O12/c1-31(2)40(47)51-24-14-22-45-42(49)57-36(27-53-34-16-10-8-11-17-34)29-55-38-21-20-33(44(5,6)7)26-39(38)56-30-37(28-54-35-18-12-9-13-19-35)58-43(50)46-23-15-25-52-41(48)32(3)4/h8-13,16-21,26,36-37H,1,3,14-15,22-25,27-30H2,2,4-7H3,(H,45,49)(H,46,50). The summed E-state index contributed by atoms with van der Waals surface area (Å²) >= 11 is 0. The Morgan fingerprint density at radius 1 is 0.586 bits per heavy atom. The fourth-order valence-corrected chi connectivity index (χ4v) is 4.70. The van der Waals surface area contributed by atoms with Gasteiger partial charge in [0.15, 0.2) is 23.7 Å². The molecule has 0 aromatic heterocycles. The van der Waals surface area contributed by atoms with Gasteiger partial charge >= 0.3 is 24.1 Å². The quantitative estimate of drug-likeness (QED) is 0.0409. The van der Waals surface area contributed by atoms with E-state index in [1.54, 1.807) is 44.2 Å². The summed E-state index contributed by atoms with van der Waals surface area (Å²) in [4.78, 5) is 48.9. The highest BCUT2D eigenvalue weighted by Crippen LogP contribution is 2.34. The number of rotatable bonds is 24. The second-order valence-electron chi connectivity index (χ2n) is 14.2. The molecule has 58 heavy (non-hydrogen) atoms. The molecule has 2 atom stereocenters. The molecule has 3 aromatic carbocycles. The molecule has 0 bridgehead atoms. The summed E-state index contributed by atoms with van der Waals surface area (Å²) in [5.41, 5.74) is 1.28. The van der Waals surface area contributed by atoms with Crippen molar-refractivity contribution >= 4 is 24.1 Å². The summed E-state index contributed by atoms with van der Waals surface area (Å²) < 4.78 is 45.9. The molecule has 2 N–H and O–H groups in total. The van der Waals surface area contributed by atoms with E-state index in [0.29, 0.717) is 35.8 Å². The highest BCUT2D eigenvalue weighted by atomic mass is 16.6. The lowest BCUT2D eigenvalue weighted by atomic mass is 9.87. The molecule has 3 aromatic rings. The molecule has 0 fully saturated rings. The van der Waals surface area contributed by atoms with Gasteiger partial charge in [-0.15, -0.1) is 0 Å². The van der Waals surface area contributed by atoms with Crippen LogP contribution in [0.1, 0.15) is 53.0 Å². The van der Waals surface area contributed by atoms with Crippen LogP contribution < -0.4 is 29.6 Å². The average Bonchev–Trinajstić information content (AvgIpc) is 3.19. The van der Waals surface area contributed by atoms with Gasteiger partial charge in [-0.3, -0.25) is 0 Å². The van der Waals surface area contributed by atoms with Crippen LogP contribution in [0, 0.1) is 0 Å². The molecule has 0 saturated heterocycles. The SMILES string of the molecule is C=C(C)C(=O)OCCCNC(=O)OC(COc1ccccc1)COc1ccc(C(C)(C)C)cc1OCC(COc1ccccc1)OC(=O)NCCCOC(=O)C(=C)C. The maximum absolute atomic E-state index is 12.8. The molecule has 14 nitrogen and oxygen atoms in total. The van der Waals surface area contributed by atoms with Crippen molar-refractivity contribution in [3.05, 3.63) is 109 Å². The molecule has 0 radical (unpaired) electrons. The topological polar surface area (TPSA) is 166 Å². The number of carbonyl (C=O) groups is 4. The third-order valence-corrected chi connectivity index (χ3v) is 7.91. The Bertz CT molecular complexity index is 1780. The Labute approximate surface area is 340 Å². The number of hydrogen-bond acceptors (Lipinski definition) is 12. The van der Waals surface area contributed by atoms with Crippen LogP contribution in [0.5, 0.6) is 23.0 Å². The predicted molar refractivity (Wildman–Crippen MR) is 217 cm³/mol. The van der Waals surface area contributed by atoms with Crippen molar-refractivity contribution in [1.29, 1.82) is 0 Å². The van der Waals surface area contributed by atoms with E-state index >= 15 is 0 Å². The smallest absolute Gasteiger partial charge is 0.407 e. The zero-order valence-electron chi connectivity index (χ0n) is 34.0. The molecule has 14 heteroatoms. The third kappa shape index (κ3) is 18.2. The molecule has 0 saturated carbocycles. The van der Waals surface area contributed by atoms with Crippen molar-refractivity contribution in [2.75, 3.05) is 52.7 Å². The molecular weight excluding hydrogens is 748 g/mol. The number of alkyl carbamates (subject to hydrolysis) is 2. The van der Waals surface area contributed by atoms with Crippen molar-refractivity contribution in [2.24, 2.45) is 0 Å². The fourth-order valence-electron chi connectivity index (χ4n) is 4.70. The minimum Gasteiger partial charge on any atom is -0.490 e. The van der Waals surface area contributed by atoms with Crippen molar-refractivity contribution in [2.45, 2.75) is 65.1 Å². The Morgan fingerprint density at radius 2 is 1.00 bits per heavy atom. The van der Waals surface area contributed by atoms with Gasteiger partial charge in [-0.1, -0.05) is 76.4 Å². The molecular formula is C44H56N2O12. The third-order valence-electron chi connectivity index (χ3n) is 7.91. The number of benzene rings is 3. The summed E-state index contributed by atoms with van der Waals surface area (Å²) in [7, 11) is 0.